The molecule has 0 N–H and O–H groups in total. The highest BCUT2D eigenvalue weighted by Crippen LogP contribution is 2.41. The predicted octanol–water partition coefficient (Wildman–Crippen LogP) is 3.41. The van der Waals surface area contributed by atoms with E-state index in [0.29, 0.717) is 34.8 Å². The molecule has 1 aromatic carbocycles. The first-order valence-corrected chi connectivity index (χ1v) is 6.50. The Bertz CT molecular complexity index is 584. The second-order valence-corrected chi connectivity index (χ2v) is 4.34. The van der Waals surface area contributed by atoms with Gasteiger partial charge in [0.2, 0.25) is 11.6 Å². The quantitative estimate of drug-likeness (QED) is 0.792. The molecule has 0 aliphatic rings. The number of methoxy groups -OCH3 is 3. The topological polar surface area (TPSA) is 53.7 Å². The molecule has 0 amide bonds. The van der Waals surface area contributed by atoms with Crippen LogP contribution >= 0.6 is 11.6 Å². The Morgan fingerprint density at radius 3 is 2.10 bits per heavy atom. The Labute approximate surface area is 122 Å². The number of nitrogens with zero attached hydrogens (tertiary/aromatic N) is 1. The Morgan fingerprint density at radius 1 is 1.10 bits per heavy atom. The van der Waals surface area contributed by atoms with Crippen molar-refractivity contribution < 1.29 is 18.6 Å². The molecule has 0 saturated carbocycles. The summed E-state index contributed by atoms with van der Waals surface area (Å²) in [6.07, 6.45) is 0. The number of aromatic nitrogens is 1. The Hall–Kier alpha value is -1.88. The fourth-order valence-corrected chi connectivity index (χ4v) is 2.13. The third kappa shape index (κ3) is 2.54. The molecule has 0 radical (unpaired) electrons. The van der Waals surface area contributed by atoms with E-state index in [4.69, 9.17) is 30.2 Å². The Morgan fingerprint density at radius 2 is 1.70 bits per heavy atom. The Kier molecular flexibility index (Phi) is 4.39. The van der Waals surface area contributed by atoms with Crippen LogP contribution in [0.5, 0.6) is 17.2 Å². The zero-order valence-electron chi connectivity index (χ0n) is 11.8. The number of hydrogen-bond donors (Lipinski definition) is 0. The number of hydrogen-bond acceptors (Lipinski definition) is 5. The molecule has 0 aliphatic heterocycles. The monoisotopic (exact) mass is 297 g/mol. The van der Waals surface area contributed by atoms with Crippen LogP contribution in [0.1, 0.15) is 11.5 Å². The molecule has 0 saturated heterocycles. The van der Waals surface area contributed by atoms with Crippen molar-refractivity contribution in [2.45, 2.75) is 12.8 Å². The van der Waals surface area contributed by atoms with E-state index in [2.05, 4.69) is 4.98 Å². The van der Waals surface area contributed by atoms with E-state index in [0.717, 1.165) is 11.3 Å². The summed E-state index contributed by atoms with van der Waals surface area (Å²) in [7, 11) is 4.68. The van der Waals surface area contributed by atoms with Gasteiger partial charge < -0.3 is 18.6 Å². The molecule has 0 bridgehead atoms. The molecule has 0 aliphatic carbocycles. The maximum Gasteiger partial charge on any atom is 0.226 e. The van der Waals surface area contributed by atoms with Crippen LogP contribution < -0.4 is 14.2 Å². The van der Waals surface area contributed by atoms with Crippen LogP contribution in [-0.2, 0) is 5.88 Å². The zero-order chi connectivity index (χ0) is 14.7. The van der Waals surface area contributed by atoms with Crippen LogP contribution in [0.15, 0.2) is 16.5 Å². The zero-order valence-corrected chi connectivity index (χ0v) is 12.6. The highest BCUT2D eigenvalue weighted by molar-refractivity contribution is 6.17. The van der Waals surface area contributed by atoms with Gasteiger partial charge in [-0.15, -0.1) is 11.6 Å². The number of alkyl halides is 1. The molecule has 1 aromatic heterocycles. The minimum absolute atomic E-state index is 0.305. The minimum Gasteiger partial charge on any atom is -0.493 e. The van der Waals surface area contributed by atoms with Crippen molar-refractivity contribution in [3.8, 4) is 28.7 Å². The lowest BCUT2D eigenvalue weighted by atomic mass is 10.2. The largest absolute Gasteiger partial charge is 0.493 e. The smallest absolute Gasteiger partial charge is 0.226 e. The molecule has 0 spiro atoms. The molecule has 0 fully saturated rings. The normalized spacial score (nSPS) is 10.4. The van der Waals surface area contributed by atoms with E-state index in [9.17, 15) is 0 Å². The van der Waals surface area contributed by atoms with Gasteiger partial charge in [0.1, 0.15) is 5.76 Å². The van der Waals surface area contributed by atoms with E-state index in [1.165, 1.54) is 0 Å². The summed E-state index contributed by atoms with van der Waals surface area (Å²) in [6, 6.07) is 3.56. The van der Waals surface area contributed by atoms with Crippen molar-refractivity contribution in [1.29, 1.82) is 0 Å². The molecule has 20 heavy (non-hydrogen) atoms. The number of halogens is 1. The van der Waals surface area contributed by atoms with Gasteiger partial charge in [-0.3, -0.25) is 0 Å². The van der Waals surface area contributed by atoms with Crippen molar-refractivity contribution in [3.63, 3.8) is 0 Å². The molecular weight excluding hydrogens is 282 g/mol. The summed E-state index contributed by atoms with van der Waals surface area (Å²) in [5, 5.41) is 0. The van der Waals surface area contributed by atoms with Gasteiger partial charge in [0.15, 0.2) is 11.5 Å². The molecular formula is C14H16ClNO4. The van der Waals surface area contributed by atoms with Gasteiger partial charge in [0.05, 0.1) is 32.9 Å². The van der Waals surface area contributed by atoms with Crippen LogP contribution in [0, 0.1) is 6.92 Å². The molecule has 0 unspecified atom stereocenters. The van der Waals surface area contributed by atoms with Crippen molar-refractivity contribution in [2.75, 3.05) is 21.3 Å². The SMILES string of the molecule is COc1cc(-c2nc(CCl)c(C)o2)cc(OC)c1OC. The second kappa shape index (κ2) is 6.05. The number of oxazole rings is 1. The first kappa shape index (κ1) is 14.5. The fourth-order valence-electron chi connectivity index (χ4n) is 1.88. The van der Waals surface area contributed by atoms with Gasteiger partial charge in [0.25, 0.3) is 0 Å². The molecule has 6 heteroatoms. The first-order valence-electron chi connectivity index (χ1n) is 5.97. The van der Waals surface area contributed by atoms with Crippen molar-refractivity contribution >= 4 is 11.6 Å². The van der Waals surface area contributed by atoms with E-state index in [1.807, 2.05) is 6.92 Å². The lowest BCUT2D eigenvalue weighted by Gasteiger charge is -2.12. The van der Waals surface area contributed by atoms with Gasteiger partial charge in [-0.05, 0) is 19.1 Å². The number of ether oxygens (including phenoxy) is 3. The summed E-state index contributed by atoms with van der Waals surface area (Å²) in [6.45, 7) is 1.83. The molecule has 0 atom stereocenters. The van der Waals surface area contributed by atoms with Crippen molar-refractivity contribution in [2.24, 2.45) is 0 Å². The third-order valence-electron chi connectivity index (χ3n) is 2.93. The van der Waals surface area contributed by atoms with Crippen LogP contribution in [0.2, 0.25) is 0 Å². The molecule has 108 valence electrons. The van der Waals surface area contributed by atoms with E-state index in [-0.39, 0.29) is 0 Å². The number of benzene rings is 1. The predicted molar refractivity (Wildman–Crippen MR) is 75.9 cm³/mol. The van der Waals surface area contributed by atoms with Gasteiger partial charge in [0, 0.05) is 5.56 Å². The van der Waals surface area contributed by atoms with E-state index in [1.54, 1.807) is 33.5 Å². The number of aryl methyl sites for hydroxylation is 1. The Balaban J connectivity index is 2.56. The summed E-state index contributed by atoms with van der Waals surface area (Å²) in [5.41, 5.74) is 1.45. The van der Waals surface area contributed by atoms with Gasteiger partial charge >= 0.3 is 0 Å². The third-order valence-corrected chi connectivity index (χ3v) is 3.18. The minimum atomic E-state index is 0.305. The highest BCUT2D eigenvalue weighted by Gasteiger charge is 2.17. The maximum absolute atomic E-state index is 5.81. The average Bonchev–Trinajstić information content (AvgIpc) is 2.86. The summed E-state index contributed by atoms with van der Waals surface area (Å²) >= 11 is 5.81. The first-order chi connectivity index (χ1) is 9.64. The average molecular weight is 298 g/mol. The van der Waals surface area contributed by atoms with E-state index < -0.39 is 0 Å². The molecule has 2 rings (SSSR count). The number of rotatable bonds is 5. The van der Waals surface area contributed by atoms with Crippen LogP contribution in [-0.4, -0.2) is 26.3 Å². The van der Waals surface area contributed by atoms with Crippen LogP contribution in [0.4, 0.5) is 0 Å². The van der Waals surface area contributed by atoms with E-state index >= 15 is 0 Å². The van der Waals surface area contributed by atoms with Crippen molar-refractivity contribution in [1.82, 2.24) is 4.98 Å². The lowest BCUT2D eigenvalue weighted by molar-refractivity contribution is 0.324. The maximum atomic E-state index is 5.81. The summed E-state index contributed by atoms with van der Waals surface area (Å²) in [5.74, 6) is 3.09. The van der Waals surface area contributed by atoms with Gasteiger partial charge in [-0.25, -0.2) is 4.98 Å². The molecule has 1 heterocycles. The lowest BCUT2D eigenvalue weighted by Crippen LogP contribution is -1.95. The van der Waals surface area contributed by atoms with Crippen molar-refractivity contribution in [3.05, 3.63) is 23.6 Å². The van der Waals surface area contributed by atoms with Crippen LogP contribution in [0.25, 0.3) is 11.5 Å². The van der Waals surface area contributed by atoms with Gasteiger partial charge in [-0.1, -0.05) is 0 Å². The molecule has 5 nitrogen and oxygen atoms in total. The molecule has 2 aromatic rings. The summed E-state index contributed by atoms with van der Waals surface area (Å²) < 4.78 is 21.5. The standard InChI is InChI=1S/C14H16ClNO4/c1-8-10(7-15)16-14(20-8)9-5-11(17-2)13(19-4)12(6-9)18-3/h5-6H,7H2,1-4H3. The van der Waals surface area contributed by atoms with Crippen LogP contribution in [0.3, 0.4) is 0 Å². The fraction of sp³-hybridized carbons (Fsp3) is 0.357. The second-order valence-electron chi connectivity index (χ2n) is 4.07. The highest BCUT2D eigenvalue weighted by atomic mass is 35.5. The summed E-state index contributed by atoms with van der Waals surface area (Å²) in [4.78, 5) is 4.35. The van der Waals surface area contributed by atoms with Gasteiger partial charge in [-0.2, -0.15) is 0 Å².